The lowest BCUT2D eigenvalue weighted by molar-refractivity contribution is -0.161. The number of unbranched alkanes of at least 4 members (excludes halogenated alkanes) is 12. The van der Waals surface area contributed by atoms with Gasteiger partial charge in [0, 0.05) is 19.3 Å². The Balaban J connectivity index is 4.90. The van der Waals surface area contributed by atoms with E-state index in [9.17, 15) is 28.9 Å². The number of hydrogen-bond donors (Lipinski definition) is 2. The summed E-state index contributed by atoms with van der Waals surface area (Å²) >= 11 is 0. The van der Waals surface area contributed by atoms with E-state index in [0.29, 0.717) is 25.7 Å². The van der Waals surface area contributed by atoms with Crippen molar-refractivity contribution in [2.45, 2.75) is 226 Å². The number of ether oxygens (including phenoxy) is 3. The maximum atomic E-state index is 12.9. The van der Waals surface area contributed by atoms with Crippen LogP contribution in [0.1, 0.15) is 213 Å². The molecule has 3 unspecified atom stereocenters. The topological polar surface area (TPSA) is 155 Å². The molecular formula is C66H105O11P. The van der Waals surface area contributed by atoms with E-state index < -0.39 is 57.8 Å². The second-order valence-electron chi connectivity index (χ2n) is 19.0. The lowest BCUT2D eigenvalue weighted by Crippen LogP contribution is -2.30. The molecule has 0 saturated heterocycles. The fraction of sp³-hybridized carbons (Fsp3) is 0.591. The van der Waals surface area contributed by atoms with Crippen molar-refractivity contribution in [2.24, 2.45) is 0 Å². The van der Waals surface area contributed by atoms with Crippen molar-refractivity contribution in [3.05, 3.63) is 146 Å². The summed E-state index contributed by atoms with van der Waals surface area (Å²) in [6, 6.07) is 0. The molecule has 0 heterocycles. The van der Waals surface area contributed by atoms with Gasteiger partial charge in [-0.2, -0.15) is 0 Å². The highest BCUT2D eigenvalue weighted by Crippen LogP contribution is 2.43. The summed E-state index contributed by atoms with van der Waals surface area (Å²) in [5.41, 5.74) is 0. The van der Waals surface area contributed by atoms with Crippen LogP contribution in [0.25, 0.3) is 0 Å². The molecule has 0 aliphatic rings. The summed E-state index contributed by atoms with van der Waals surface area (Å²) in [5.74, 6) is -1.61. The van der Waals surface area contributed by atoms with Gasteiger partial charge >= 0.3 is 25.7 Å². The van der Waals surface area contributed by atoms with Crippen LogP contribution in [0, 0.1) is 0 Å². The fourth-order valence-corrected chi connectivity index (χ4v) is 8.08. The molecule has 3 atom stereocenters. The van der Waals surface area contributed by atoms with Crippen LogP contribution >= 0.6 is 7.82 Å². The minimum atomic E-state index is -4.79. The van der Waals surface area contributed by atoms with Crippen molar-refractivity contribution in [3.8, 4) is 0 Å². The minimum Gasteiger partial charge on any atom is -0.462 e. The van der Waals surface area contributed by atoms with Crippen LogP contribution in [0.5, 0.6) is 0 Å². The van der Waals surface area contributed by atoms with Gasteiger partial charge in [-0.3, -0.25) is 23.4 Å². The van der Waals surface area contributed by atoms with Gasteiger partial charge in [0.15, 0.2) is 6.10 Å². The third-order valence-electron chi connectivity index (χ3n) is 11.7. The summed E-state index contributed by atoms with van der Waals surface area (Å²) in [5, 5.41) is 9.82. The number of rotatable bonds is 53. The molecule has 0 aromatic carbocycles. The van der Waals surface area contributed by atoms with Crippen LogP contribution < -0.4 is 0 Å². The lowest BCUT2D eigenvalue weighted by atomic mass is 10.1. The number of carbonyl (C=O) groups excluding carboxylic acids is 3. The standard InChI is InChI=1S/C66H105O11P/c1-4-7-10-13-16-19-22-25-27-29-31-33-35-38-40-43-46-49-52-55-64(68)73-59-63(77-66(70)57-54-51-48-45-42-39-36-34-32-30-28-26-23-20-17-14-11-8-5-2)61-75-78(71,72)74-60-62(58-67)76-65(69)56-53-50-47-44-41-37-24-21-18-15-12-9-6-3/h7-8,10-12,15-17,19-21,24-28,31-34,39,42,48,51,62-63,67H,4-6,9,13-14,18,22-23,29-30,35-38,40-41,43-47,49-50,52-61H2,1-3H3,(H,71,72)/b10-7-,11-8-,15-12-,19-16-,20-17-,24-21-,27-25-,28-26-,33-31-,34-32-,42-39-,51-48-. The van der Waals surface area contributed by atoms with Crippen molar-refractivity contribution in [1.29, 1.82) is 0 Å². The molecule has 0 saturated carbocycles. The first-order valence-corrected chi connectivity index (χ1v) is 31.2. The average Bonchev–Trinajstić information content (AvgIpc) is 3.43. The zero-order valence-corrected chi connectivity index (χ0v) is 49.5. The van der Waals surface area contributed by atoms with Gasteiger partial charge in [0.2, 0.25) is 0 Å². The van der Waals surface area contributed by atoms with Crippen LogP contribution in [-0.4, -0.2) is 66.5 Å². The second-order valence-corrected chi connectivity index (χ2v) is 20.5. The number of allylic oxidation sites excluding steroid dienone is 24. The molecule has 0 radical (unpaired) electrons. The highest BCUT2D eigenvalue weighted by molar-refractivity contribution is 7.47. The highest BCUT2D eigenvalue weighted by atomic mass is 31.2. The first kappa shape index (κ1) is 73.4. The second kappa shape index (κ2) is 58.5. The van der Waals surface area contributed by atoms with Gasteiger partial charge in [0.1, 0.15) is 12.7 Å². The van der Waals surface area contributed by atoms with Crippen molar-refractivity contribution >= 4 is 25.7 Å². The molecule has 0 aliphatic heterocycles. The molecule has 440 valence electrons. The van der Waals surface area contributed by atoms with Crippen molar-refractivity contribution in [2.75, 3.05) is 26.4 Å². The van der Waals surface area contributed by atoms with Gasteiger partial charge in [-0.05, 0) is 122 Å². The highest BCUT2D eigenvalue weighted by Gasteiger charge is 2.28. The molecule has 0 rings (SSSR count). The Labute approximate surface area is 473 Å². The Morgan fingerprint density at radius 2 is 0.692 bits per heavy atom. The van der Waals surface area contributed by atoms with E-state index in [-0.39, 0.29) is 25.9 Å². The van der Waals surface area contributed by atoms with Gasteiger partial charge in [0.25, 0.3) is 0 Å². The van der Waals surface area contributed by atoms with Crippen LogP contribution in [0.3, 0.4) is 0 Å². The predicted molar refractivity (Wildman–Crippen MR) is 325 cm³/mol. The largest absolute Gasteiger partial charge is 0.472 e. The zero-order chi connectivity index (χ0) is 56.9. The SMILES string of the molecule is CC/C=C\C/C=C\C/C=C\C/C=C\C/C=C\C/C=C\CCC(=O)OC(COC(=O)CCCCCCCC/C=C\C/C=C\C/C=C\C/C=C\CC)COP(=O)(O)OCC(CO)OC(=O)CCCCCCC/C=C\C/C=C\CCC. The predicted octanol–water partition coefficient (Wildman–Crippen LogP) is 17.9. The van der Waals surface area contributed by atoms with E-state index in [0.717, 1.165) is 148 Å². The molecule has 0 fully saturated rings. The summed E-state index contributed by atoms with van der Waals surface area (Å²) in [4.78, 5) is 48.6. The van der Waals surface area contributed by atoms with Gasteiger partial charge < -0.3 is 24.2 Å². The average molecular weight is 1110 g/mol. The molecule has 0 bridgehead atoms. The van der Waals surface area contributed by atoms with Gasteiger partial charge in [0.05, 0.1) is 19.8 Å². The molecule has 12 heteroatoms. The van der Waals surface area contributed by atoms with E-state index >= 15 is 0 Å². The van der Waals surface area contributed by atoms with E-state index in [1.54, 1.807) is 0 Å². The Morgan fingerprint density at radius 1 is 0.372 bits per heavy atom. The number of carbonyl (C=O) groups is 3. The Morgan fingerprint density at radius 3 is 1.10 bits per heavy atom. The first-order chi connectivity index (χ1) is 38.2. The lowest BCUT2D eigenvalue weighted by Gasteiger charge is -2.21. The summed E-state index contributed by atoms with van der Waals surface area (Å²) in [6.45, 7) is 4.22. The summed E-state index contributed by atoms with van der Waals surface area (Å²) < 4.78 is 39.4. The van der Waals surface area contributed by atoms with Crippen molar-refractivity contribution in [3.63, 3.8) is 0 Å². The molecule has 78 heavy (non-hydrogen) atoms. The molecule has 0 amide bonds. The molecule has 0 spiro atoms. The Kier molecular flexibility index (Phi) is 55.0. The third-order valence-corrected chi connectivity index (χ3v) is 12.7. The maximum Gasteiger partial charge on any atom is 0.472 e. The number of aliphatic hydroxyl groups excluding tert-OH is 1. The summed E-state index contributed by atoms with van der Waals surface area (Å²) in [7, 11) is -4.79. The molecule has 0 aromatic heterocycles. The maximum absolute atomic E-state index is 12.9. The smallest absolute Gasteiger partial charge is 0.462 e. The Bertz CT molecular complexity index is 1860. The zero-order valence-electron chi connectivity index (χ0n) is 48.6. The fourth-order valence-electron chi connectivity index (χ4n) is 7.29. The van der Waals surface area contributed by atoms with Crippen molar-refractivity contribution in [1.82, 2.24) is 0 Å². The first-order valence-electron chi connectivity index (χ1n) is 29.7. The molecule has 0 aliphatic carbocycles. The molecular weight excluding hydrogens is 1000 g/mol. The number of aliphatic hydroxyl groups is 1. The number of phosphoric acid groups is 1. The molecule has 0 aromatic rings. The normalized spacial score (nSPS) is 14.4. The number of phosphoric ester groups is 1. The van der Waals surface area contributed by atoms with E-state index in [4.69, 9.17) is 23.3 Å². The molecule has 11 nitrogen and oxygen atoms in total. The van der Waals surface area contributed by atoms with E-state index in [1.807, 2.05) is 12.2 Å². The van der Waals surface area contributed by atoms with Crippen molar-refractivity contribution < 1.29 is 52.2 Å². The molecule has 2 N–H and O–H groups in total. The van der Waals surface area contributed by atoms with Crippen LogP contribution in [0.15, 0.2) is 146 Å². The van der Waals surface area contributed by atoms with Gasteiger partial charge in [-0.25, -0.2) is 4.57 Å². The van der Waals surface area contributed by atoms with Gasteiger partial charge in [-0.15, -0.1) is 0 Å². The quantitative estimate of drug-likeness (QED) is 0.0197. The monoisotopic (exact) mass is 1100 g/mol. The van der Waals surface area contributed by atoms with E-state index in [1.165, 1.54) is 0 Å². The number of hydrogen-bond acceptors (Lipinski definition) is 10. The van der Waals surface area contributed by atoms with Crippen LogP contribution in [-0.2, 0) is 42.2 Å². The van der Waals surface area contributed by atoms with Gasteiger partial charge in [-0.1, -0.05) is 218 Å². The number of esters is 3. The Hall–Kier alpha value is -4.64. The van der Waals surface area contributed by atoms with Crippen LogP contribution in [0.4, 0.5) is 0 Å². The summed E-state index contributed by atoms with van der Waals surface area (Å²) in [6.07, 6.45) is 75.3. The third kappa shape index (κ3) is 56.1. The van der Waals surface area contributed by atoms with E-state index in [2.05, 4.69) is 154 Å². The van der Waals surface area contributed by atoms with Crippen LogP contribution in [0.2, 0.25) is 0 Å². The minimum absolute atomic E-state index is 0.0297.